The molecule has 1 aliphatic heterocycles. The number of hydrogen-bond acceptors (Lipinski definition) is 5. The molecule has 1 rings (SSSR count). The molecule has 1 unspecified atom stereocenters. The Morgan fingerprint density at radius 3 is 2.72 bits per heavy atom. The van der Waals surface area contributed by atoms with Crippen LogP contribution in [-0.2, 0) is 19.6 Å². The molecule has 0 aromatic carbocycles. The molecule has 0 aromatic heterocycles. The van der Waals surface area contributed by atoms with Gasteiger partial charge in [0.25, 0.3) is 0 Å². The number of carbonyl (C=O) groups is 1. The Labute approximate surface area is 108 Å². The first kappa shape index (κ1) is 15.4. The van der Waals surface area contributed by atoms with Gasteiger partial charge in [-0.05, 0) is 26.2 Å². The van der Waals surface area contributed by atoms with E-state index in [1.807, 2.05) is 0 Å². The van der Waals surface area contributed by atoms with E-state index in [1.54, 1.807) is 6.92 Å². The van der Waals surface area contributed by atoms with Crippen LogP contribution in [0.3, 0.4) is 0 Å². The zero-order valence-electron chi connectivity index (χ0n) is 10.9. The van der Waals surface area contributed by atoms with Crippen molar-refractivity contribution in [2.75, 3.05) is 26.0 Å². The summed E-state index contributed by atoms with van der Waals surface area (Å²) in [5.74, 6) is -0.492. The van der Waals surface area contributed by atoms with Gasteiger partial charge < -0.3 is 9.84 Å². The van der Waals surface area contributed by atoms with Crippen molar-refractivity contribution in [2.24, 2.45) is 0 Å². The van der Waals surface area contributed by atoms with Crippen LogP contribution < -0.4 is 0 Å². The number of methoxy groups -OCH3 is 1. The smallest absolute Gasteiger partial charge is 0.305 e. The average molecular weight is 279 g/mol. The predicted molar refractivity (Wildman–Crippen MR) is 66.5 cm³/mol. The SMILES string of the molecule is COC(=O)CCCS(=O)(=O)N1CCCC(C)(O)C1. The maximum atomic E-state index is 12.0. The van der Waals surface area contributed by atoms with Gasteiger partial charge in [0.1, 0.15) is 0 Å². The van der Waals surface area contributed by atoms with Gasteiger partial charge in [0, 0.05) is 19.5 Å². The lowest BCUT2D eigenvalue weighted by molar-refractivity contribution is -0.140. The Morgan fingerprint density at radius 1 is 1.50 bits per heavy atom. The Kier molecular flexibility index (Phi) is 5.12. The molecule has 106 valence electrons. The first-order valence-corrected chi connectivity index (χ1v) is 7.65. The molecule has 0 spiro atoms. The molecular weight excluding hydrogens is 258 g/mol. The van der Waals surface area contributed by atoms with E-state index in [9.17, 15) is 18.3 Å². The number of esters is 1. The molecule has 0 amide bonds. The van der Waals surface area contributed by atoms with E-state index in [4.69, 9.17) is 0 Å². The van der Waals surface area contributed by atoms with Crippen molar-refractivity contribution in [3.05, 3.63) is 0 Å². The quantitative estimate of drug-likeness (QED) is 0.722. The van der Waals surface area contributed by atoms with E-state index in [1.165, 1.54) is 11.4 Å². The van der Waals surface area contributed by atoms with Crippen molar-refractivity contribution >= 4 is 16.0 Å². The minimum atomic E-state index is -3.39. The lowest BCUT2D eigenvalue weighted by atomic mass is 9.97. The Balaban J connectivity index is 2.50. The fraction of sp³-hybridized carbons (Fsp3) is 0.909. The summed E-state index contributed by atoms with van der Waals surface area (Å²) in [6.07, 6.45) is 1.61. The molecule has 0 bridgehead atoms. The van der Waals surface area contributed by atoms with Gasteiger partial charge in [-0.3, -0.25) is 4.79 Å². The zero-order chi connectivity index (χ0) is 13.8. The Hall–Kier alpha value is -0.660. The predicted octanol–water partition coefficient (Wildman–Crippen LogP) is 0.116. The highest BCUT2D eigenvalue weighted by molar-refractivity contribution is 7.89. The highest BCUT2D eigenvalue weighted by Gasteiger charge is 2.34. The van der Waals surface area contributed by atoms with Gasteiger partial charge in [0.2, 0.25) is 10.0 Å². The summed E-state index contributed by atoms with van der Waals surface area (Å²) in [7, 11) is -2.12. The molecule has 0 radical (unpaired) electrons. The average Bonchev–Trinajstić information content (AvgIpc) is 2.27. The van der Waals surface area contributed by atoms with Gasteiger partial charge >= 0.3 is 5.97 Å². The normalized spacial score (nSPS) is 25.9. The number of rotatable bonds is 5. The number of carbonyl (C=O) groups excluding carboxylic acids is 1. The molecule has 6 nitrogen and oxygen atoms in total. The lowest BCUT2D eigenvalue weighted by Crippen LogP contribution is -2.49. The largest absolute Gasteiger partial charge is 0.469 e. The minimum absolute atomic E-state index is 0.0851. The molecular formula is C11H21NO5S. The van der Waals surface area contributed by atoms with E-state index in [0.29, 0.717) is 19.4 Å². The van der Waals surface area contributed by atoms with Crippen molar-refractivity contribution in [3.63, 3.8) is 0 Å². The van der Waals surface area contributed by atoms with E-state index >= 15 is 0 Å². The highest BCUT2D eigenvalue weighted by atomic mass is 32.2. The summed E-state index contributed by atoms with van der Waals surface area (Å²) in [5, 5.41) is 9.88. The van der Waals surface area contributed by atoms with Gasteiger partial charge in [-0.25, -0.2) is 8.42 Å². The number of sulfonamides is 1. The van der Waals surface area contributed by atoms with Crippen LogP contribution in [0.25, 0.3) is 0 Å². The number of hydrogen-bond donors (Lipinski definition) is 1. The summed E-state index contributed by atoms with van der Waals surface area (Å²) >= 11 is 0. The molecule has 1 aliphatic rings. The molecule has 0 saturated carbocycles. The van der Waals surface area contributed by atoms with Crippen LogP contribution in [0.5, 0.6) is 0 Å². The lowest BCUT2D eigenvalue weighted by Gasteiger charge is -2.35. The van der Waals surface area contributed by atoms with Crippen molar-refractivity contribution in [1.82, 2.24) is 4.31 Å². The van der Waals surface area contributed by atoms with Crippen LogP contribution in [0.2, 0.25) is 0 Å². The molecule has 18 heavy (non-hydrogen) atoms. The molecule has 0 aliphatic carbocycles. The molecule has 1 fully saturated rings. The van der Waals surface area contributed by atoms with E-state index < -0.39 is 21.6 Å². The van der Waals surface area contributed by atoms with Crippen LogP contribution in [0.1, 0.15) is 32.6 Å². The summed E-state index contributed by atoms with van der Waals surface area (Å²) in [4.78, 5) is 10.9. The van der Waals surface area contributed by atoms with Crippen LogP contribution in [0, 0.1) is 0 Å². The van der Waals surface area contributed by atoms with Crippen LogP contribution in [0.15, 0.2) is 0 Å². The second kappa shape index (κ2) is 5.99. The summed E-state index contributed by atoms with van der Waals surface area (Å²) in [5.41, 5.74) is -0.951. The minimum Gasteiger partial charge on any atom is -0.469 e. The topological polar surface area (TPSA) is 83.9 Å². The van der Waals surface area contributed by atoms with Gasteiger partial charge in [-0.2, -0.15) is 4.31 Å². The van der Waals surface area contributed by atoms with Crippen LogP contribution >= 0.6 is 0 Å². The van der Waals surface area contributed by atoms with E-state index in [2.05, 4.69) is 4.74 Å². The molecule has 1 heterocycles. The first-order valence-electron chi connectivity index (χ1n) is 6.04. The summed E-state index contributed by atoms with van der Waals surface area (Å²) in [6, 6.07) is 0. The molecule has 1 saturated heterocycles. The van der Waals surface area contributed by atoms with Crippen molar-refractivity contribution in [1.29, 1.82) is 0 Å². The second-order valence-electron chi connectivity index (χ2n) is 4.93. The van der Waals surface area contributed by atoms with Crippen molar-refractivity contribution < 1.29 is 23.1 Å². The zero-order valence-corrected chi connectivity index (χ0v) is 11.7. The fourth-order valence-corrected chi connectivity index (χ4v) is 3.69. The highest BCUT2D eigenvalue weighted by Crippen LogP contribution is 2.23. The number of nitrogens with zero attached hydrogens (tertiary/aromatic N) is 1. The van der Waals surface area contributed by atoms with Gasteiger partial charge in [0.15, 0.2) is 0 Å². The maximum Gasteiger partial charge on any atom is 0.305 e. The third kappa shape index (κ3) is 4.55. The van der Waals surface area contributed by atoms with E-state index in [-0.39, 0.29) is 25.1 Å². The summed E-state index contributed by atoms with van der Waals surface area (Å²) in [6.45, 7) is 2.22. The van der Waals surface area contributed by atoms with Gasteiger partial charge in [0.05, 0.1) is 18.5 Å². The molecule has 1 N–H and O–H groups in total. The van der Waals surface area contributed by atoms with Crippen LogP contribution in [-0.4, -0.2) is 55.4 Å². The fourth-order valence-electron chi connectivity index (χ4n) is 2.04. The third-order valence-electron chi connectivity index (χ3n) is 3.04. The maximum absolute atomic E-state index is 12.0. The molecule has 7 heteroatoms. The Morgan fingerprint density at radius 2 is 2.17 bits per heavy atom. The van der Waals surface area contributed by atoms with Crippen molar-refractivity contribution in [2.45, 2.75) is 38.2 Å². The number of β-amino-alcohol motifs (C(OH)–C–C–N with tert-alkyl or cyclic N) is 1. The number of ether oxygens (including phenoxy) is 1. The number of piperidine rings is 1. The summed E-state index contributed by atoms with van der Waals surface area (Å²) < 4.78 is 29.8. The van der Waals surface area contributed by atoms with Crippen LogP contribution in [0.4, 0.5) is 0 Å². The van der Waals surface area contributed by atoms with Crippen molar-refractivity contribution in [3.8, 4) is 0 Å². The van der Waals surface area contributed by atoms with E-state index in [0.717, 1.165) is 0 Å². The monoisotopic (exact) mass is 279 g/mol. The van der Waals surface area contributed by atoms with Gasteiger partial charge in [-0.1, -0.05) is 0 Å². The first-order chi connectivity index (χ1) is 8.27. The Bertz CT molecular complexity index is 390. The number of aliphatic hydroxyl groups is 1. The van der Waals surface area contributed by atoms with Gasteiger partial charge in [-0.15, -0.1) is 0 Å². The second-order valence-corrected chi connectivity index (χ2v) is 7.02. The third-order valence-corrected chi connectivity index (χ3v) is 4.95. The molecule has 0 aromatic rings. The molecule has 1 atom stereocenters. The standard InChI is InChI=1S/C11H21NO5S/c1-11(14)6-4-7-12(9-11)18(15,16)8-3-5-10(13)17-2/h14H,3-9H2,1-2H3.